The third-order valence-corrected chi connectivity index (χ3v) is 1.81. The highest BCUT2D eigenvalue weighted by molar-refractivity contribution is 5.43. The van der Waals surface area contributed by atoms with Crippen molar-refractivity contribution >= 4 is 11.8 Å². The Balaban J connectivity index is 3.05. The lowest BCUT2D eigenvalue weighted by Crippen LogP contribution is -2.22. The molecule has 1 atom stereocenters. The SMILES string of the molecule is CC(CO)Nc1cc(C(F)(F)F)nc(NN)n1. The van der Waals surface area contributed by atoms with Crippen LogP contribution in [0.4, 0.5) is 24.9 Å². The molecule has 0 aliphatic heterocycles. The first-order valence-electron chi connectivity index (χ1n) is 4.67. The minimum Gasteiger partial charge on any atom is -0.394 e. The van der Waals surface area contributed by atoms with Crippen molar-refractivity contribution in [3.8, 4) is 0 Å². The number of anilines is 2. The maximum atomic E-state index is 12.5. The molecule has 0 saturated carbocycles. The highest BCUT2D eigenvalue weighted by Gasteiger charge is 2.33. The van der Waals surface area contributed by atoms with E-state index in [9.17, 15) is 13.2 Å². The summed E-state index contributed by atoms with van der Waals surface area (Å²) in [6, 6.07) is 0.309. The van der Waals surface area contributed by atoms with E-state index in [0.29, 0.717) is 0 Å². The van der Waals surface area contributed by atoms with Gasteiger partial charge in [-0.15, -0.1) is 0 Å². The van der Waals surface area contributed by atoms with E-state index in [4.69, 9.17) is 10.9 Å². The van der Waals surface area contributed by atoms with Gasteiger partial charge in [-0.25, -0.2) is 10.8 Å². The minimum absolute atomic E-state index is 0.0678. The number of aliphatic hydroxyl groups excluding tert-OH is 1. The Morgan fingerprint density at radius 1 is 1.47 bits per heavy atom. The first-order chi connectivity index (χ1) is 7.86. The summed E-state index contributed by atoms with van der Waals surface area (Å²) >= 11 is 0. The second-order valence-corrected chi connectivity index (χ2v) is 3.33. The Morgan fingerprint density at radius 3 is 2.59 bits per heavy atom. The van der Waals surface area contributed by atoms with Gasteiger partial charge in [0.05, 0.1) is 6.61 Å². The maximum Gasteiger partial charge on any atom is 0.433 e. The second-order valence-electron chi connectivity index (χ2n) is 3.33. The number of hydrogen-bond donors (Lipinski definition) is 4. The molecule has 9 heteroatoms. The third kappa shape index (κ3) is 3.71. The molecule has 0 radical (unpaired) electrons. The number of hydrazine groups is 1. The van der Waals surface area contributed by atoms with Gasteiger partial charge < -0.3 is 10.4 Å². The number of halogens is 3. The summed E-state index contributed by atoms with van der Waals surface area (Å²) < 4.78 is 37.4. The molecule has 0 aliphatic carbocycles. The quantitative estimate of drug-likeness (QED) is 0.461. The van der Waals surface area contributed by atoms with Crippen molar-refractivity contribution in [2.75, 3.05) is 17.3 Å². The van der Waals surface area contributed by atoms with Gasteiger partial charge in [-0.1, -0.05) is 0 Å². The fraction of sp³-hybridized carbons (Fsp3) is 0.500. The molecule has 0 bridgehead atoms. The number of nitrogens with zero attached hydrogens (tertiary/aromatic N) is 2. The summed E-state index contributed by atoms with van der Waals surface area (Å²) in [4.78, 5) is 6.87. The second kappa shape index (κ2) is 5.15. The lowest BCUT2D eigenvalue weighted by atomic mass is 10.3. The number of aromatic nitrogens is 2. The standard InChI is InChI=1S/C8H12F3N5O/c1-4(3-17)13-6-2-5(8(9,10)11)14-7(15-6)16-12/h2,4,17H,3,12H2,1H3,(H2,13,14,15,16). The van der Waals surface area contributed by atoms with Crippen LogP contribution in [0.25, 0.3) is 0 Å². The van der Waals surface area contributed by atoms with Crippen LogP contribution < -0.4 is 16.6 Å². The Hall–Kier alpha value is -1.61. The summed E-state index contributed by atoms with van der Waals surface area (Å²) in [6.45, 7) is 1.35. The number of nitrogens with two attached hydrogens (primary N) is 1. The zero-order valence-corrected chi connectivity index (χ0v) is 8.91. The molecule has 1 aromatic heterocycles. The van der Waals surface area contributed by atoms with Crippen LogP contribution >= 0.6 is 0 Å². The van der Waals surface area contributed by atoms with Crippen LogP contribution in [0.5, 0.6) is 0 Å². The van der Waals surface area contributed by atoms with E-state index >= 15 is 0 Å². The highest BCUT2D eigenvalue weighted by Crippen LogP contribution is 2.29. The molecule has 0 fully saturated rings. The van der Waals surface area contributed by atoms with Crippen LogP contribution in [0.2, 0.25) is 0 Å². The number of nitrogens with one attached hydrogen (secondary N) is 2. The summed E-state index contributed by atoms with van der Waals surface area (Å²) in [6.07, 6.45) is -4.59. The minimum atomic E-state index is -4.59. The predicted molar refractivity (Wildman–Crippen MR) is 55.0 cm³/mol. The number of nitrogen functional groups attached to an aromatic ring is 1. The average Bonchev–Trinajstić information content (AvgIpc) is 2.27. The van der Waals surface area contributed by atoms with Gasteiger partial charge in [0.1, 0.15) is 5.82 Å². The zero-order chi connectivity index (χ0) is 13.1. The van der Waals surface area contributed by atoms with Crippen molar-refractivity contribution in [1.29, 1.82) is 0 Å². The van der Waals surface area contributed by atoms with Gasteiger partial charge in [-0.3, -0.25) is 5.43 Å². The molecule has 1 aromatic rings. The number of rotatable bonds is 4. The van der Waals surface area contributed by atoms with Crippen LogP contribution in [-0.2, 0) is 6.18 Å². The molecule has 0 spiro atoms. The van der Waals surface area contributed by atoms with Crippen molar-refractivity contribution in [3.05, 3.63) is 11.8 Å². The first kappa shape index (κ1) is 13.5. The Bertz CT molecular complexity index is 384. The molecule has 17 heavy (non-hydrogen) atoms. The third-order valence-electron chi connectivity index (χ3n) is 1.81. The van der Waals surface area contributed by atoms with Gasteiger partial charge in [0.15, 0.2) is 5.69 Å². The Morgan fingerprint density at radius 2 is 2.12 bits per heavy atom. The maximum absolute atomic E-state index is 12.5. The fourth-order valence-electron chi connectivity index (χ4n) is 1.03. The lowest BCUT2D eigenvalue weighted by molar-refractivity contribution is -0.141. The van der Waals surface area contributed by atoms with Crippen LogP contribution in [0.15, 0.2) is 6.07 Å². The Kier molecular flexibility index (Phi) is 4.07. The Labute approximate surface area is 95.0 Å². The van der Waals surface area contributed by atoms with Gasteiger partial charge in [-0.2, -0.15) is 18.2 Å². The summed E-state index contributed by atoms with van der Waals surface area (Å²) in [7, 11) is 0. The van der Waals surface area contributed by atoms with Crippen LogP contribution in [0.1, 0.15) is 12.6 Å². The number of aliphatic hydroxyl groups is 1. The van der Waals surface area contributed by atoms with Gasteiger partial charge in [-0.05, 0) is 6.92 Å². The summed E-state index contributed by atoms with van der Waals surface area (Å²) in [5.74, 6) is 4.55. The molecule has 96 valence electrons. The molecule has 1 unspecified atom stereocenters. The topological polar surface area (TPSA) is 96.1 Å². The molecule has 0 aromatic carbocycles. The van der Waals surface area contributed by atoms with Crippen LogP contribution in [0.3, 0.4) is 0 Å². The van der Waals surface area contributed by atoms with Crippen molar-refractivity contribution in [2.24, 2.45) is 5.84 Å². The van der Waals surface area contributed by atoms with E-state index in [1.165, 1.54) is 0 Å². The summed E-state index contributed by atoms with van der Waals surface area (Å²) in [5, 5.41) is 11.4. The van der Waals surface area contributed by atoms with Crippen LogP contribution in [0, 0.1) is 0 Å². The average molecular weight is 251 g/mol. The molecule has 0 amide bonds. The molecule has 0 aliphatic rings. The van der Waals surface area contributed by atoms with E-state index in [2.05, 4.69) is 15.3 Å². The smallest absolute Gasteiger partial charge is 0.394 e. The van der Waals surface area contributed by atoms with Gasteiger partial charge >= 0.3 is 6.18 Å². The molecule has 5 N–H and O–H groups in total. The molecule has 1 heterocycles. The highest BCUT2D eigenvalue weighted by atomic mass is 19.4. The molecule has 0 saturated heterocycles. The summed E-state index contributed by atoms with van der Waals surface area (Å²) in [5.41, 5.74) is 0.829. The van der Waals surface area contributed by atoms with Gasteiger partial charge in [0, 0.05) is 12.1 Å². The van der Waals surface area contributed by atoms with Crippen LogP contribution in [-0.4, -0.2) is 27.7 Å². The van der Waals surface area contributed by atoms with E-state index in [1.54, 1.807) is 6.92 Å². The first-order valence-corrected chi connectivity index (χ1v) is 4.67. The van der Waals surface area contributed by atoms with Crippen molar-refractivity contribution < 1.29 is 18.3 Å². The number of hydrogen-bond acceptors (Lipinski definition) is 6. The lowest BCUT2D eigenvalue weighted by Gasteiger charge is -2.14. The van der Waals surface area contributed by atoms with E-state index in [0.717, 1.165) is 6.07 Å². The van der Waals surface area contributed by atoms with E-state index in [-0.39, 0.29) is 18.4 Å². The largest absolute Gasteiger partial charge is 0.433 e. The molecular formula is C8H12F3N5O. The van der Waals surface area contributed by atoms with Crippen molar-refractivity contribution in [1.82, 2.24) is 9.97 Å². The van der Waals surface area contributed by atoms with E-state index in [1.807, 2.05) is 5.43 Å². The van der Waals surface area contributed by atoms with Gasteiger partial charge in [0.2, 0.25) is 5.95 Å². The van der Waals surface area contributed by atoms with E-state index < -0.39 is 17.9 Å². The number of alkyl halides is 3. The molecular weight excluding hydrogens is 239 g/mol. The molecule has 6 nitrogen and oxygen atoms in total. The normalized spacial score (nSPS) is 13.3. The molecule has 1 rings (SSSR count). The monoisotopic (exact) mass is 251 g/mol. The fourth-order valence-corrected chi connectivity index (χ4v) is 1.03. The zero-order valence-electron chi connectivity index (χ0n) is 8.91. The van der Waals surface area contributed by atoms with Crippen molar-refractivity contribution in [2.45, 2.75) is 19.1 Å². The van der Waals surface area contributed by atoms with Gasteiger partial charge in [0.25, 0.3) is 0 Å². The van der Waals surface area contributed by atoms with Crippen molar-refractivity contribution in [3.63, 3.8) is 0 Å². The predicted octanol–water partition coefficient (Wildman–Crippen LogP) is 0.574.